The number of imide groups is 1. The topological polar surface area (TPSA) is 49.4 Å². The van der Waals surface area contributed by atoms with Gasteiger partial charge in [0, 0.05) is 15.6 Å². The van der Waals surface area contributed by atoms with E-state index in [1.54, 1.807) is 36.4 Å². The van der Waals surface area contributed by atoms with Gasteiger partial charge >= 0.3 is 0 Å². The van der Waals surface area contributed by atoms with Crippen LogP contribution >= 0.6 is 23.4 Å². The molecule has 4 nitrogen and oxygen atoms in total. The van der Waals surface area contributed by atoms with Crippen LogP contribution in [0.3, 0.4) is 0 Å². The molecule has 0 saturated heterocycles. The molecule has 0 aliphatic carbocycles. The van der Waals surface area contributed by atoms with E-state index >= 15 is 0 Å². The third-order valence-corrected chi connectivity index (χ3v) is 6.54. The number of carbonyl (C=O) groups is 2. The number of carbonyl (C=O) groups excluding carboxylic acids is 2. The summed E-state index contributed by atoms with van der Waals surface area (Å²) in [6.45, 7) is 2.14. The summed E-state index contributed by atoms with van der Waals surface area (Å²) in [4.78, 5) is 29.0. The van der Waals surface area contributed by atoms with Gasteiger partial charge in [-0.2, -0.15) is 0 Å². The van der Waals surface area contributed by atoms with Crippen molar-refractivity contribution < 1.29 is 14.0 Å². The van der Waals surface area contributed by atoms with Crippen molar-refractivity contribution >= 4 is 46.6 Å². The van der Waals surface area contributed by atoms with Crippen LogP contribution in [-0.2, 0) is 16.0 Å². The third-order valence-electron chi connectivity index (χ3n) is 5.20. The normalized spacial score (nSPS) is 13.7. The van der Waals surface area contributed by atoms with Gasteiger partial charge < -0.3 is 5.32 Å². The molecule has 168 valence electrons. The Morgan fingerprint density at radius 1 is 0.909 bits per heavy atom. The van der Waals surface area contributed by atoms with E-state index in [0.29, 0.717) is 16.4 Å². The number of aryl methyl sites for hydroxylation is 1. The van der Waals surface area contributed by atoms with Crippen molar-refractivity contribution in [2.75, 3.05) is 10.2 Å². The molecule has 0 saturated carbocycles. The molecule has 1 N–H and O–H groups in total. The van der Waals surface area contributed by atoms with Crippen LogP contribution in [0.2, 0.25) is 5.02 Å². The summed E-state index contributed by atoms with van der Waals surface area (Å²) >= 11 is 7.17. The minimum atomic E-state index is -0.456. The van der Waals surface area contributed by atoms with E-state index in [2.05, 4.69) is 12.2 Å². The van der Waals surface area contributed by atoms with Gasteiger partial charge in [-0.05, 0) is 79.1 Å². The first-order chi connectivity index (χ1) is 16.0. The predicted molar refractivity (Wildman–Crippen MR) is 132 cm³/mol. The minimum absolute atomic E-state index is 0.154. The van der Waals surface area contributed by atoms with Crippen LogP contribution in [-0.4, -0.2) is 11.8 Å². The minimum Gasteiger partial charge on any atom is -0.350 e. The van der Waals surface area contributed by atoms with E-state index in [0.717, 1.165) is 29.7 Å². The summed E-state index contributed by atoms with van der Waals surface area (Å²) < 4.78 is 13.3. The van der Waals surface area contributed by atoms with Crippen molar-refractivity contribution in [3.63, 3.8) is 0 Å². The number of nitrogens with one attached hydrogen (secondary N) is 1. The zero-order valence-electron chi connectivity index (χ0n) is 18.0. The van der Waals surface area contributed by atoms with Crippen molar-refractivity contribution in [1.82, 2.24) is 0 Å². The van der Waals surface area contributed by atoms with Crippen molar-refractivity contribution in [2.24, 2.45) is 0 Å². The van der Waals surface area contributed by atoms with Crippen LogP contribution in [0.1, 0.15) is 25.3 Å². The zero-order chi connectivity index (χ0) is 23.4. The van der Waals surface area contributed by atoms with E-state index in [-0.39, 0.29) is 16.4 Å². The number of hydrogen-bond acceptors (Lipinski definition) is 4. The molecule has 0 radical (unpaired) electrons. The van der Waals surface area contributed by atoms with Crippen LogP contribution in [0.4, 0.5) is 15.8 Å². The van der Waals surface area contributed by atoms with Crippen molar-refractivity contribution in [2.45, 2.75) is 31.1 Å². The van der Waals surface area contributed by atoms with Crippen molar-refractivity contribution in [3.05, 3.63) is 99.8 Å². The summed E-state index contributed by atoms with van der Waals surface area (Å²) in [5.41, 5.74) is 2.34. The van der Waals surface area contributed by atoms with Gasteiger partial charge in [0.15, 0.2) is 0 Å². The van der Waals surface area contributed by atoms with Gasteiger partial charge in [0.25, 0.3) is 11.8 Å². The Kier molecular flexibility index (Phi) is 7.16. The SMILES string of the molecule is CCCCc1ccc(N2C(=O)C(Nc3ccc(F)cc3)=C(Sc3ccc(Cl)cc3)C2=O)cc1. The zero-order valence-corrected chi connectivity index (χ0v) is 19.5. The average Bonchev–Trinajstić information content (AvgIpc) is 3.05. The average molecular weight is 481 g/mol. The molecule has 7 heteroatoms. The number of thioether (sulfide) groups is 1. The summed E-state index contributed by atoms with van der Waals surface area (Å²) in [7, 11) is 0. The van der Waals surface area contributed by atoms with E-state index in [1.807, 2.05) is 12.1 Å². The fraction of sp³-hybridized carbons (Fsp3) is 0.154. The van der Waals surface area contributed by atoms with Crippen molar-refractivity contribution in [3.8, 4) is 0 Å². The van der Waals surface area contributed by atoms with E-state index < -0.39 is 11.8 Å². The summed E-state index contributed by atoms with van der Waals surface area (Å²) in [5.74, 6) is -1.25. The van der Waals surface area contributed by atoms with Crippen LogP contribution in [0.25, 0.3) is 0 Å². The largest absolute Gasteiger partial charge is 0.350 e. The van der Waals surface area contributed by atoms with Gasteiger partial charge in [0.1, 0.15) is 16.4 Å². The molecule has 1 heterocycles. The molecule has 0 unspecified atom stereocenters. The van der Waals surface area contributed by atoms with Crippen LogP contribution in [0.5, 0.6) is 0 Å². The maximum Gasteiger partial charge on any atom is 0.283 e. The fourth-order valence-electron chi connectivity index (χ4n) is 3.44. The summed E-state index contributed by atoms with van der Waals surface area (Å²) in [6, 6.07) is 20.2. The molecule has 0 spiro atoms. The molecule has 0 atom stereocenters. The first-order valence-corrected chi connectivity index (χ1v) is 11.8. The number of unbranched alkanes of at least 4 members (excludes halogenated alkanes) is 1. The molecule has 0 bridgehead atoms. The maximum atomic E-state index is 13.4. The molecule has 3 aromatic rings. The summed E-state index contributed by atoms with van der Waals surface area (Å²) in [6.07, 6.45) is 3.13. The molecule has 4 rings (SSSR count). The highest BCUT2D eigenvalue weighted by Gasteiger charge is 2.40. The molecule has 1 aliphatic rings. The second kappa shape index (κ2) is 10.2. The lowest BCUT2D eigenvalue weighted by Gasteiger charge is -2.16. The van der Waals surface area contributed by atoms with Gasteiger partial charge in [-0.15, -0.1) is 0 Å². The smallest absolute Gasteiger partial charge is 0.283 e. The molecule has 3 aromatic carbocycles. The molecule has 33 heavy (non-hydrogen) atoms. The second-order valence-corrected chi connectivity index (χ2v) is 9.13. The molecule has 0 aromatic heterocycles. The Morgan fingerprint density at radius 3 is 2.21 bits per heavy atom. The standard InChI is InChI=1S/C26H22ClFN2O2S/c1-2-3-4-17-5-13-21(14-6-17)30-25(31)23(29-20-11-9-19(28)10-12-20)24(26(30)32)33-22-15-7-18(27)8-16-22/h5-16,29H,2-4H2,1H3. The molecular formula is C26H22ClFN2O2S. The second-order valence-electron chi connectivity index (χ2n) is 7.61. The number of anilines is 2. The Morgan fingerprint density at radius 2 is 1.58 bits per heavy atom. The Balaban J connectivity index is 1.66. The highest BCUT2D eigenvalue weighted by Crippen LogP contribution is 2.38. The highest BCUT2D eigenvalue weighted by molar-refractivity contribution is 8.04. The van der Waals surface area contributed by atoms with E-state index in [1.165, 1.54) is 40.9 Å². The number of hydrogen-bond donors (Lipinski definition) is 1. The van der Waals surface area contributed by atoms with Gasteiger partial charge in [0.2, 0.25) is 0 Å². The summed E-state index contributed by atoms with van der Waals surface area (Å²) in [5, 5.41) is 3.60. The number of amides is 2. The van der Waals surface area contributed by atoms with Crippen LogP contribution < -0.4 is 10.2 Å². The molecule has 1 aliphatic heterocycles. The fourth-order valence-corrected chi connectivity index (χ4v) is 4.49. The number of nitrogens with zero attached hydrogens (tertiary/aromatic N) is 1. The Labute approximate surface area is 201 Å². The molecule has 2 amide bonds. The van der Waals surface area contributed by atoms with Crippen molar-refractivity contribution in [1.29, 1.82) is 0 Å². The first-order valence-electron chi connectivity index (χ1n) is 10.6. The first kappa shape index (κ1) is 23.1. The van der Waals surface area contributed by atoms with Crippen LogP contribution in [0.15, 0.2) is 88.3 Å². The molecular weight excluding hydrogens is 459 g/mol. The van der Waals surface area contributed by atoms with Gasteiger partial charge in [-0.1, -0.05) is 48.8 Å². The predicted octanol–water partition coefficient (Wildman–Crippen LogP) is 6.81. The Bertz CT molecular complexity index is 1120. The quantitative estimate of drug-likeness (QED) is 0.360. The number of halogens is 2. The monoisotopic (exact) mass is 480 g/mol. The third kappa shape index (κ3) is 5.29. The van der Waals surface area contributed by atoms with Crippen LogP contribution in [0, 0.1) is 5.82 Å². The highest BCUT2D eigenvalue weighted by atomic mass is 35.5. The lowest BCUT2D eigenvalue weighted by molar-refractivity contribution is -0.120. The molecule has 0 fully saturated rings. The number of benzene rings is 3. The van der Waals surface area contributed by atoms with E-state index in [9.17, 15) is 14.0 Å². The van der Waals surface area contributed by atoms with Gasteiger partial charge in [-0.25, -0.2) is 9.29 Å². The Hall–Kier alpha value is -3.09. The maximum absolute atomic E-state index is 13.4. The lowest BCUT2D eigenvalue weighted by Crippen LogP contribution is -2.32. The van der Waals surface area contributed by atoms with Gasteiger partial charge in [0.05, 0.1) is 5.69 Å². The van der Waals surface area contributed by atoms with Gasteiger partial charge in [-0.3, -0.25) is 9.59 Å². The number of rotatable bonds is 8. The lowest BCUT2D eigenvalue weighted by atomic mass is 10.1. The van der Waals surface area contributed by atoms with E-state index in [4.69, 9.17) is 11.6 Å².